The average Bonchev–Trinajstić information content (AvgIpc) is 3.97. The second-order valence-corrected chi connectivity index (χ2v) is 13.8. The van der Waals surface area contributed by atoms with Crippen LogP contribution in [0.25, 0.3) is 0 Å². The fourth-order valence-electron chi connectivity index (χ4n) is 7.87. The van der Waals surface area contributed by atoms with E-state index in [-0.39, 0.29) is 41.1 Å². The number of benzene rings is 1. The molecular weight excluding hydrogens is 570 g/mol. The van der Waals surface area contributed by atoms with Crippen LogP contribution < -0.4 is 21.3 Å². The van der Waals surface area contributed by atoms with Crippen molar-refractivity contribution in [1.82, 2.24) is 25.4 Å². The van der Waals surface area contributed by atoms with Crippen LogP contribution >= 0.6 is 0 Å². The third kappa shape index (κ3) is 5.34. The number of carbonyl (C=O) groups is 4. The predicted octanol–water partition coefficient (Wildman–Crippen LogP) is 3.40. The predicted molar refractivity (Wildman–Crippen MR) is 166 cm³/mol. The van der Waals surface area contributed by atoms with Crippen LogP contribution in [0.4, 0.5) is 10.5 Å². The quantitative estimate of drug-likeness (QED) is 0.361. The highest BCUT2D eigenvalue weighted by Crippen LogP contribution is 2.50. The first-order valence-corrected chi connectivity index (χ1v) is 16.4. The fraction of sp³-hybridized carbons (Fsp3) is 0.559. The van der Waals surface area contributed by atoms with Gasteiger partial charge in [-0.2, -0.15) is 5.26 Å². The Balaban J connectivity index is 1.11. The van der Waals surface area contributed by atoms with Crippen molar-refractivity contribution in [3.05, 3.63) is 52.8 Å². The summed E-state index contributed by atoms with van der Waals surface area (Å²) in [6.45, 7) is 1.21. The minimum Gasteiger partial charge on any atom is -0.357 e. The molecule has 1 aromatic heterocycles. The molecule has 1 spiro atoms. The Morgan fingerprint density at radius 2 is 1.78 bits per heavy atom. The van der Waals surface area contributed by atoms with Gasteiger partial charge in [-0.15, -0.1) is 0 Å². The Morgan fingerprint density at radius 3 is 2.47 bits per heavy atom. The van der Waals surface area contributed by atoms with Crippen molar-refractivity contribution >= 4 is 29.4 Å². The molecule has 1 aliphatic heterocycles. The molecule has 2 aromatic rings. The lowest BCUT2D eigenvalue weighted by atomic mass is 9.83. The van der Waals surface area contributed by atoms with Gasteiger partial charge >= 0.3 is 6.03 Å². The summed E-state index contributed by atoms with van der Waals surface area (Å²) in [7, 11) is 1.61. The zero-order valence-corrected chi connectivity index (χ0v) is 25.8. The van der Waals surface area contributed by atoms with Crippen LogP contribution in [-0.2, 0) is 22.4 Å². The molecule has 1 unspecified atom stereocenters. The maximum Gasteiger partial charge on any atom is 0.318 e. The number of nitriles is 1. The zero-order chi connectivity index (χ0) is 31.3. The summed E-state index contributed by atoms with van der Waals surface area (Å²) >= 11 is 0. The van der Waals surface area contributed by atoms with Gasteiger partial charge in [-0.3, -0.25) is 14.4 Å². The Hall–Kier alpha value is -4.33. The van der Waals surface area contributed by atoms with E-state index in [0.717, 1.165) is 68.9 Å². The summed E-state index contributed by atoms with van der Waals surface area (Å²) in [5, 5.41) is 21.5. The zero-order valence-electron chi connectivity index (χ0n) is 25.8. The number of urea groups is 1. The summed E-state index contributed by atoms with van der Waals surface area (Å²) in [6.07, 6.45) is 9.54. The third-order valence-corrected chi connectivity index (χ3v) is 10.8. The van der Waals surface area contributed by atoms with Gasteiger partial charge in [-0.1, -0.05) is 25.3 Å². The number of carbonyl (C=O) groups excluding carboxylic acids is 4. The average molecular weight is 612 g/mol. The second-order valence-electron chi connectivity index (χ2n) is 13.8. The first-order valence-electron chi connectivity index (χ1n) is 16.4. The number of rotatable bonds is 8. The van der Waals surface area contributed by atoms with Crippen molar-refractivity contribution in [2.24, 2.45) is 11.3 Å². The standard InChI is InChI=1S/C34H41N7O4/c1-36-31(44)34(40-20-33(13-14-33)19-37-32(40)45)16-22-7-8-24(15-23(22)17-34)38-30(43)28(21-5-3-2-4-6-21)39-29(42)27-12-11-26(18-35)41(27)25-9-10-25/h7-8,11-12,15,21,25,28H,2-6,9-10,13-14,16-17,19-20H2,1H3,(H,36,44)(H,37,45)(H,38,43)(H,39,42)/t28-,34?/m0/s1. The van der Waals surface area contributed by atoms with Crippen molar-refractivity contribution < 1.29 is 19.2 Å². The molecule has 4 fully saturated rings. The van der Waals surface area contributed by atoms with Crippen LogP contribution in [0.15, 0.2) is 30.3 Å². The number of nitrogens with zero attached hydrogens (tertiary/aromatic N) is 3. The Morgan fingerprint density at radius 1 is 1.02 bits per heavy atom. The van der Waals surface area contributed by atoms with E-state index in [1.54, 1.807) is 28.6 Å². The monoisotopic (exact) mass is 611 g/mol. The van der Waals surface area contributed by atoms with Crippen molar-refractivity contribution in [2.45, 2.75) is 88.3 Å². The van der Waals surface area contributed by atoms with E-state index in [1.165, 1.54) is 0 Å². The summed E-state index contributed by atoms with van der Waals surface area (Å²) in [5.74, 6) is -0.800. The minimum atomic E-state index is -1.03. The van der Waals surface area contributed by atoms with Gasteiger partial charge in [0.05, 0.1) is 0 Å². The van der Waals surface area contributed by atoms with Gasteiger partial charge in [0.25, 0.3) is 5.91 Å². The second kappa shape index (κ2) is 11.2. The van der Waals surface area contributed by atoms with E-state index in [4.69, 9.17) is 0 Å². The molecule has 4 aliphatic carbocycles. The molecular formula is C34H41N7O4. The molecule has 1 saturated heterocycles. The number of aromatic nitrogens is 1. The molecule has 45 heavy (non-hydrogen) atoms. The molecule has 5 aliphatic rings. The summed E-state index contributed by atoms with van der Waals surface area (Å²) in [5.41, 5.74) is 2.39. The molecule has 0 bridgehead atoms. The van der Waals surface area contributed by atoms with E-state index < -0.39 is 11.6 Å². The Kier molecular flexibility index (Phi) is 7.34. The normalized spacial score (nSPS) is 24.3. The van der Waals surface area contributed by atoms with Crippen LogP contribution in [0.2, 0.25) is 0 Å². The van der Waals surface area contributed by atoms with Crippen LogP contribution in [0.1, 0.15) is 91.1 Å². The van der Waals surface area contributed by atoms with Crippen molar-refractivity contribution in [3.8, 4) is 6.07 Å². The Bertz CT molecular complexity index is 1590. The number of hydrogen-bond acceptors (Lipinski definition) is 5. The van der Waals surface area contributed by atoms with Crippen LogP contribution in [0.5, 0.6) is 0 Å². The minimum absolute atomic E-state index is 0.00478. The lowest BCUT2D eigenvalue weighted by Crippen LogP contribution is -2.67. The highest BCUT2D eigenvalue weighted by Gasteiger charge is 2.57. The van der Waals surface area contributed by atoms with Crippen molar-refractivity contribution in [2.75, 3.05) is 25.5 Å². The van der Waals surface area contributed by atoms with Gasteiger partial charge in [-0.25, -0.2) is 4.79 Å². The lowest BCUT2D eigenvalue weighted by molar-refractivity contribution is -0.131. The maximum absolute atomic E-state index is 13.9. The molecule has 2 heterocycles. The number of likely N-dealkylation sites (N-methyl/N-ethyl adjacent to an activating group) is 1. The summed E-state index contributed by atoms with van der Waals surface area (Å²) in [4.78, 5) is 55.8. The number of anilines is 1. The number of hydrogen-bond donors (Lipinski definition) is 4. The van der Waals surface area contributed by atoms with E-state index in [9.17, 15) is 24.4 Å². The molecule has 0 radical (unpaired) electrons. The van der Waals surface area contributed by atoms with Gasteiger partial charge in [0.15, 0.2) is 0 Å². The van der Waals surface area contributed by atoms with Gasteiger partial charge < -0.3 is 30.7 Å². The van der Waals surface area contributed by atoms with Gasteiger partial charge in [0.2, 0.25) is 11.8 Å². The van der Waals surface area contributed by atoms with Crippen molar-refractivity contribution in [3.63, 3.8) is 0 Å². The maximum atomic E-state index is 13.9. The van der Waals surface area contributed by atoms with Gasteiger partial charge in [-0.05, 0) is 79.8 Å². The largest absolute Gasteiger partial charge is 0.357 e. The molecule has 7 rings (SSSR count). The van der Waals surface area contributed by atoms with E-state index in [1.807, 2.05) is 18.2 Å². The molecule has 11 heteroatoms. The summed E-state index contributed by atoms with van der Waals surface area (Å²) in [6, 6.07) is 10.4. The SMILES string of the molecule is CNC(=O)C1(N2CC3(CC3)CNC2=O)Cc2ccc(NC(=O)[C@@H](NC(=O)c3ccc(C#N)n3C3CC3)C3CCCCC3)cc2C1. The Labute approximate surface area is 263 Å². The third-order valence-electron chi connectivity index (χ3n) is 10.8. The van der Waals surface area contributed by atoms with E-state index in [2.05, 4.69) is 27.3 Å². The number of amides is 5. The van der Waals surface area contributed by atoms with Crippen LogP contribution in [0.3, 0.4) is 0 Å². The molecule has 3 saturated carbocycles. The first-order chi connectivity index (χ1) is 21.8. The topological polar surface area (TPSA) is 148 Å². The van der Waals surface area contributed by atoms with E-state index in [0.29, 0.717) is 43.0 Å². The van der Waals surface area contributed by atoms with E-state index >= 15 is 0 Å². The van der Waals surface area contributed by atoms with Gasteiger partial charge in [0, 0.05) is 50.1 Å². The van der Waals surface area contributed by atoms with Gasteiger partial charge in [0.1, 0.15) is 29.0 Å². The smallest absolute Gasteiger partial charge is 0.318 e. The molecule has 1 aromatic carbocycles. The first kappa shape index (κ1) is 29.4. The fourth-order valence-corrected chi connectivity index (χ4v) is 7.87. The molecule has 4 N–H and O–H groups in total. The van der Waals surface area contributed by atoms with Crippen LogP contribution in [-0.4, -0.2) is 64.9 Å². The number of nitrogens with one attached hydrogen (secondary N) is 4. The van der Waals surface area contributed by atoms with Crippen molar-refractivity contribution in [1.29, 1.82) is 5.26 Å². The summed E-state index contributed by atoms with van der Waals surface area (Å²) < 4.78 is 1.80. The molecule has 2 atom stereocenters. The molecule has 11 nitrogen and oxygen atoms in total. The van der Waals surface area contributed by atoms with Crippen LogP contribution in [0, 0.1) is 22.7 Å². The molecule has 236 valence electrons. The molecule has 5 amide bonds. The lowest BCUT2D eigenvalue weighted by Gasteiger charge is -2.44. The number of fused-ring (bicyclic) bond motifs is 1. The highest BCUT2D eigenvalue weighted by molar-refractivity contribution is 6.01. The highest BCUT2D eigenvalue weighted by atomic mass is 16.2.